The number of rotatable bonds is 1. The Morgan fingerprint density at radius 1 is 1.47 bits per heavy atom. The summed E-state index contributed by atoms with van der Waals surface area (Å²) in [5.41, 5.74) is 7.62. The van der Waals surface area contributed by atoms with E-state index in [1.54, 1.807) is 6.20 Å². The van der Waals surface area contributed by atoms with E-state index in [9.17, 15) is 4.39 Å². The van der Waals surface area contributed by atoms with Crippen molar-refractivity contribution in [2.45, 2.75) is 19.8 Å². The van der Waals surface area contributed by atoms with Crippen LogP contribution in [-0.4, -0.2) is 18.1 Å². The smallest absolute Gasteiger partial charge is 0.150 e. The van der Waals surface area contributed by atoms with Crippen molar-refractivity contribution in [2.24, 2.45) is 5.92 Å². The third-order valence-electron chi connectivity index (χ3n) is 3.82. The van der Waals surface area contributed by atoms with Crippen molar-refractivity contribution in [3.8, 4) is 0 Å². The summed E-state index contributed by atoms with van der Waals surface area (Å²) in [5.74, 6) is 0.322. The van der Waals surface area contributed by atoms with Gasteiger partial charge in [0, 0.05) is 30.4 Å². The van der Waals surface area contributed by atoms with Gasteiger partial charge in [-0.05, 0) is 37.0 Å². The summed E-state index contributed by atoms with van der Waals surface area (Å²) >= 11 is 0. The molecule has 3 nitrogen and oxygen atoms in total. The highest BCUT2D eigenvalue weighted by atomic mass is 19.1. The van der Waals surface area contributed by atoms with E-state index >= 15 is 0 Å². The molecule has 1 atom stereocenters. The Hall–Kier alpha value is -1.84. The number of pyridine rings is 1. The van der Waals surface area contributed by atoms with Gasteiger partial charge in [0.15, 0.2) is 5.82 Å². The molecule has 1 fully saturated rings. The fraction of sp³-hybridized carbons (Fsp3) is 0.400. The molecular formula is C15H18FN3. The molecule has 1 aliphatic heterocycles. The van der Waals surface area contributed by atoms with Crippen molar-refractivity contribution >= 4 is 22.3 Å². The van der Waals surface area contributed by atoms with Gasteiger partial charge in [-0.25, -0.2) is 4.39 Å². The highest BCUT2D eigenvalue weighted by Crippen LogP contribution is 2.34. The summed E-state index contributed by atoms with van der Waals surface area (Å²) in [7, 11) is 0. The lowest BCUT2D eigenvalue weighted by Gasteiger charge is -2.33. The number of benzene rings is 1. The standard InChI is InChI=1S/C15H18FN3/c1-10-4-3-7-19(9-10)15-12(16)8-13(17)11-5-2-6-18-14(11)15/h2,5-6,8,10H,3-4,7,9,17H2,1H3. The zero-order valence-electron chi connectivity index (χ0n) is 11.1. The number of hydrogen-bond donors (Lipinski definition) is 1. The molecule has 0 spiro atoms. The lowest BCUT2D eigenvalue weighted by molar-refractivity contribution is 0.443. The number of fused-ring (bicyclic) bond motifs is 1. The first-order valence-corrected chi connectivity index (χ1v) is 6.74. The molecule has 100 valence electrons. The average Bonchev–Trinajstić information content (AvgIpc) is 2.39. The Balaban J connectivity index is 2.17. The van der Waals surface area contributed by atoms with Crippen molar-refractivity contribution in [2.75, 3.05) is 23.7 Å². The minimum absolute atomic E-state index is 0.266. The zero-order chi connectivity index (χ0) is 13.4. The summed E-state index contributed by atoms with van der Waals surface area (Å²) in [4.78, 5) is 6.45. The monoisotopic (exact) mass is 259 g/mol. The maximum Gasteiger partial charge on any atom is 0.150 e. The number of hydrogen-bond acceptors (Lipinski definition) is 3. The Morgan fingerprint density at radius 3 is 3.11 bits per heavy atom. The number of anilines is 2. The molecule has 2 N–H and O–H groups in total. The van der Waals surface area contributed by atoms with E-state index in [1.807, 2.05) is 12.1 Å². The van der Waals surface area contributed by atoms with Crippen LogP contribution < -0.4 is 10.6 Å². The second-order valence-electron chi connectivity index (χ2n) is 5.39. The highest BCUT2D eigenvalue weighted by molar-refractivity contribution is 5.98. The van der Waals surface area contributed by atoms with Crippen LogP contribution >= 0.6 is 0 Å². The fourth-order valence-corrected chi connectivity index (χ4v) is 2.92. The quantitative estimate of drug-likeness (QED) is 0.800. The van der Waals surface area contributed by atoms with Crippen LogP contribution in [0, 0.1) is 11.7 Å². The van der Waals surface area contributed by atoms with Gasteiger partial charge < -0.3 is 10.6 Å². The Kier molecular flexibility index (Phi) is 3.01. The molecule has 4 heteroatoms. The van der Waals surface area contributed by atoms with E-state index in [-0.39, 0.29) is 5.82 Å². The normalized spacial score (nSPS) is 19.9. The number of nitrogen functional groups attached to an aromatic ring is 1. The molecule has 0 amide bonds. The van der Waals surface area contributed by atoms with Crippen molar-refractivity contribution in [1.29, 1.82) is 0 Å². The van der Waals surface area contributed by atoms with Gasteiger partial charge in [-0.15, -0.1) is 0 Å². The van der Waals surface area contributed by atoms with E-state index < -0.39 is 0 Å². The third kappa shape index (κ3) is 2.11. The van der Waals surface area contributed by atoms with Gasteiger partial charge in [0.2, 0.25) is 0 Å². The Bertz CT molecular complexity index is 612. The van der Waals surface area contributed by atoms with E-state index in [1.165, 1.54) is 12.5 Å². The molecule has 1 aromatic carbocycles. The summed E-state index contributed by atoms with van der Waals surface area (Å²) in [5, 5.41) is 0.831. The molecule has 0 bridgehead atoms. The molecule has 0 saturated carbocycles. The first-order chi connectivity index (χ1) is 9.16. The summed E-state index contributed by atoms with van der Waals surface area (Å²) in [6.07, 6.45) is 4.00. The molecule has 19 heavy (non-hydrogen) atoms. The van der Waals surface area contributed by atoms with Crippen LogP contribution in [-0.2, 0) is 0 Å². The van der Waals surface area contributed by atoms with E-state index in [0.717, 1.165) is 24.9 Å². The molecule has 1 aromatic heterocycles. The molecule has 2 aromatic rings. The van der Waals surface area contributed by atoms with Crippen LogP contribution in [0.2, 0.25) is 0 Å². The van der Waals surface area contributed by atoms with Gasteiger partial charge in [-0.1, -0.05) is 6.92 Å². The van der Waals surface area contributed by atoms with Crippen LogP contribution in [0.25, 0.3) is 10.9 Å². The van der Waals surface area contributed by atoms with E-state index in [4.69, 9.17) is 5.73 Å². The molecule has 1 unspecified atom stereocenters. The van der Waals surface area contributed by atoms with Crippen LogP contribution in [0.15, 0.2) is 24.4 Å². The fourth-order valence-electron chi connectivity index (χ4n) is 2.92. The van der Waals surface area contributed by atoms with Crippen LogP contribution in [0.5, 0.6) is 0 Å². The van der Waals surface area contributed by atoms with Gasteiger partial charge in [-0.3, -0.25) is 4.98 Å². The molecule has 3 rings (SSSR count). The second kappa shape index (κ2) is 4.68. The van der Waals surface area contributed by atoms with Gasteiger partial charge in [-0.2, -0.15) is 0 Å². The average molecular weight is 259 g/mol. The summed E-state index contributed by atoms with van der Waals surface area (Å²) in [6, 6.07) is 5.14. The largest absolute Gasteiger partial charge is 0.398 e. The Morgan fingerprint density at radius 2 is 2.32 bits per heavy atom. The van der Waals surface area contributed by atoms with Gasteiger partial charge in [0.25, 0.3) is 0 Å². The van der Waals surface area contributed by atoms with Crippen LogP contribution in [0.1, 0.15) is 19.8 Å². The molecule has 1 aliphatic rings. The van der Waals surface area contributed by atoms with E-state index in [0.29, 0.717) is 22.8 Å². The maximum atomic E-state index is 14.3. The van der Waals surface area contributed by atoms with E-state index in [2.05, 4.69) is 16.8 Å². The number of aromatic nitrogens is 1. The van der Waals surface area contributed by atoms with Gasteiger partial charge >= 0.3 is 0 Å². The Labute approximate surface area is 112 Å². The minimum Gasteiger partial charge on any atom is -0.398 e. The molecule has 0 aliphatic carbocycles. The van der Waals surface area contributed by atoms with Crippen molar-refractivity contribution in [3.05, 3.63) is 30.2 Å². The zero-order valence-corrected chi connectivity index (χ0v) is 11.1. The van der Waals surface area contributed by atoms with Gasteiger partial charge in [0.1, 0.15) is 0 Å². The van der Waals surface area contributed by atoms with Crippen LogP contribution in [0.4, 0.5) is 15.8 Å². The predicted octanol–water partition coefficient (Wildman–Crippen LogP) is 3.19. The van der Waals surface area contributed by atoms with Crippen molar-refractivity contribution in [3.63, 3.8) is 0 Å². The maximum absolute atomic E-state index is 14.3. The van der Waals surface area contributed by atoms with Gasteiger partial charge in [0.05, 0.1) is 11.2 Å². The second-order valence-corrected chi connectivity index (χ2v) is 5.39. The number of piperidine rings is 1. The summed E-state index contributed by atoms with van der Waals surface area (Å²) in [6.45, 7) is 3.97. The van der Waals surface area contributed by atoms with Crippen LogP contribution in [0.3, 0.4) is 0 Å². The molecule has 2 heterocycles. The third-order valence-corrected chi connectivity index (χ3v) is 3.82. The first-order valence-electron chi connectivity index (χ1n) is 6.74. The highest BCUT2D eigenvalue weighted by Gasteiger charge is 2.22. The van der Waals surface area contributed by atoms with Crippen molar-refractivity contribution in [1.82, 2.24) is 4.98 Å². The SMILES string of the molecule is CC1CCCN(c2c(F)cc(N)c3cccnc23)C1. The lowest BCUT2D eigenvalue weighted by atomic mass is 9.99. The molecule has 1 saturated heterocycles. The lowest BCUT2D eigenvalue weighted by Crippen LogP contribution is -2.35. The summed E-state index contributed by atoms with van der Waals surface area (Å²) < 4.78 is 14.3. The van der Waals surface area contributed by atoms with Crippen molar-refractivity contribution < 1.29 is 4.39 Å². The minimum atomic E-state index is -0.266. The molecule has 0 radical (unpaired) electrons. The molecular weight excluding hydrogens is 241 g/mol. The topological polar surface area (TPSA) is 42.1 Å². The predicted molar refractivity (Wildman–Crippen MR) is 76.7 cm³/mol. The number of halogens is 1. The first kappa shape index (κ1) is 12.2. The number of nitrogens with two attached hydrogens (primary N) is 1. The number of nitrogens with zero attached hydrogens (tertiary/aromatic N) is 2.